The molecule has 0 N–H and O–H groups in total. The molecule has 70 heavy (non-hydrogen) atoms. The van der Waals surface area contributed by atoms with Crippen LogP contribution in [-0.4, -0.2) is 109 Å². The van der Waals surface area contributed by atoms with Crippen LogP contribution in [0.5, 0.6) is 0 Å². The van der Waals surface area contributed by atoms with Gasteiger partial charge in [0, 0.05) is 99.0 Å². The Morgan fingerprint density at radius 1 is 0.571 bits per heavy atom. The van der Waals surface area contributed by atoms with E-state index >= 15 is 0 Å². The average molecular weight is 989 g/mol. The van der Waals surface area contributed by atoms with Gasteiger partial charge in [0.1, 0.15) is 24.8 Å². The highest BCUT2D eigenvalue weighted by atomic mass is 19.4. The van der Waals surface area contributed by atoms with Crippen LogP contribution in [0.3, 0.4) is 0 Å². The van der Waals surface area contributed by atoms with E-state index in [1.807, 2.05) is 9.80 Å². The summed E-state index contributed by atoms with van der Waals surface area (Å²) in [4.78, 5) is 57.6. The normalized spacial score (nSPS) is 23.4. The van der Waals surface area contributed by atoms with E-state index in [0.717, 1.165) is 87.0 Å². The maximum atomic E-state index is 14.0. The molecule has 0 bridgehead atoms. The molecule has 0 saturated carbocycles. The number of likely N-dealkylation sites (tertiary alicyclic amines) is 4. The van der Waals surface area contributed by atoms with Crippen molar-refractivity contribution in [3.63, 3.8) is 0 Å². The summed E-state index contributed by atoms with van der Waals surface area (Å²) < 4.78 is 114. The Hall–Kier alpha value is -5.96. The van der Waals surface area contributed by atoms with Crippen molar-refractivity contribution < 1.29 is 63.8 Å². The molecule has 376 valence electrons. The lowest BCUT2D eigenvalue weighted by molar-refractivity contribution is -0.152. The van der Waals surface area contributed by atoms with Crippen LogP contribution in [0, 0.1) is 34.3 Å². The lowest BCUT2D eigenvalue weighted by atomic mass is 9.71. The Balaban J connectivity index is 0.000000174. The van der Waals surface area contributed by atoms with Crippen molar-refractivity contribution in [1.82, 2.24) is 19.6 Å². The quantitative estimate of drug-likeness (QED) is 0.263. The van der Waals surface area contributed by atoms with Gasteiger partial charge in [-0.05, 0) is 86.8 Å². The summed E-state index contributed by atoms with van der Waals surface area (Å²) in [5.41, 5.74) is 2.07. The Labute approximate surface area is 397 Å². The molecular formula is C48H52F8N8O6. The van der Waals surface area contributed by atoms with Crippen LogP contribution in [0.25, 0.3) is 0 Å². The number of ether oxygens (including phenoxy) is 2. The molecule has 0 aromatic heterocycles. The number of carbonyl (C=O) groups is 4. The Kier molecular flexibility index (Phi) is 13.5. The van der Waals surface area contributed by atoms with Gasteiger partial charge in [-0.1, -0.05) is 12.1 Å². The van der Waals surface area contributed by atoms with E-state index in [2.05, 4.69) is 20.5 Å². The number of benzene rings is 2. The van der Waals surface area contributed by atoms with E-state index in [4.69, 9.17) is 9.47 Å². The van der Waals surface area contributed by atoms with Gasteiger partial charge in [-0.25, -0.2) is 18.4 Å². The third-order valence-corrected chi connectivity index (χ3v) is 15.2. The lowest BCUT2D eigenvalue weighted by Gasteiger charge is -2.54. The summed E-state index contributed by atoms with van der Waals surface area (Å²) in [5, 5.41) is 16.5. The van der Waals surface area contributed by atoms with E-state index < -0.39 is 60.5 Å². The van der Waals surface area contributed by atoms with Gasteiger partial charge in [0.15, 0.2) is 0 Å². The molecule has 2 aliphatic carbocycles. The molecule has 6 aliphatic heterocycles. The standard InChI is InChI=1S/2C24H26F4N4O3/c2*25-19-10-18(24(26,27)28)4-3-17(19)12-35-22(34)31-7-5-23(6-8-31)13-32(14-23)21(33)15-1-2-16-11-29-30-20(16)9-15/h2*3-4,10,15H,1-2,5-9,11-14H2/t2*15-/m10/s1. The second-order valence-corrected chi connectivity index (χ2v) is 19.9. The molecule has 4 amide bonds. The molecule has 2 aromatic carbocycles. The van der Waals surface area contributed by atoms with Crippen LogP contribution in [0.2, 0.25) is 0 Å². The molecule has 2 atom stereocenters. The monoisotopic (exact) mass is 988 g/mol. The zero-order valence-electron chi connectivity index (χ0n) is 38.2. The van der Waals surface area contributed by atoms with E-state index in [0.29, 0.717) is 90.4 Å². The van der Waals surface area contributed by atoms with Crippen molar-refractivity contribution in [2.24, 2.45) is 43.1 Å². The first kappa shape index (κ1) is 49.0. The topological polar surface area (TPSA) is 149 Å². The molecule has 22 heteroatoms. The predicted molar refractivity (Wildman–Crippen MR) is 231 cm³/mol. The first-order valence-corrected chi connectivity index (χ1v) is 23.6. The number of piperidine rings is 2. The van der Waals surface area contributed by atoms with Crippen molar-refractivity contribution in [1.29, 1.82) is 0 Å². The summed E-state index contributed by atoms with van der Waals surface area (Å²) in [6.45, 7) is 4.98. The summed E-state index contributed by atoms with van der Waals surface area (Å²) in [6, 6.07) is 4.30. The van der Waals surface area contributed by atoms with E-state index in [1.165, 1.54) is 20.9 Å². The SMILES string of the molecule is O=C(OCc1ccc(C(F)(F)F)cc1F)N1CCC2(CC1)CN(C(=O)[C@@H]1CCC3=C(C1)N=NC3)C2.O=C(OCc1ccc(C(F)(F)F)cc1F)N1CCC2(CC1)CN(C(=O)[C@H]1CCC3=C(C1)N=NC3)C2. The highest BCUT2D eigenvalue weighted by molar-refractivity contribution is 5.81. The van der Waals surface area contributed by atoms with Crippen molar-refractivity contribution in [2.45, 2.75) is 89.8 Å². The number of azo groups is 2. The molecule has 2 aromatic rings. The zero-order valence-corrected chi connectivity index (χ0v) is 38.2. The fourth-order valence-corrected chi connectivity index (χ4v) is 10.8. The molecule has 4 saturated heterocycles. The predicted octanol–water partition coefficient (Wildman–Crippen LogP) is 9.85. The van der Waals surface area contributed by atoms with E-state index in [9.17, 15) is 54.3 Å². The minimum atomic E-state index is -4.64. The molecule has 10 rings (SSSR count). The minimum Gasteiger partial charge on any atom is -0.444 e. The number of carbonyl (C=O) groups excluding carboxylic acids is 4. The third kappa shape index (κ3) is 10.5. The van der Waals surface area contributed by atoms with Crippen LogP contribution in [0.1, 0.15) is 86.5 Å². The fraction of sp³-hybridized carbons (Fsp3) is 0.583. The van der Waals surface area contributed by atoms with Crippen molar-refractivity contribution >= 4 is 24.0 Å². The maximum Gasteiger partial charge on any atom is 0.416 e. The second kappa shape index (κ2) is 19.3. The number of halogens is 8. The third-order valence-electron chi connectivity index (χ3n) is 15.2. The van der Waals surface area contributed by atoms with Gasteiger partial charge >= 0.3 is 24.5 Å². The highest BCUT2D eigenvalue weighted by Gasteiger charge is 2.50. The molecule has 2 spiro atoms. The number of amides is 4. The number of nitrogens with zero attached hydrogens (tertiary/aromatic N) is 8. The van der Waals surface area contributed by atoms with Gasteiger partial charge in [0.2, 0.25) is 11.8 Å². The van der Waals surface area contributed by atoms with Gasteiger partial charge in [0.25, 0.3) is 0 Å². The second-order valence-electron chi connectivity index (χ2n) is 19.9. The van der Waals surface area contributed by atoms with Crippen LogP contribution in [-0.2, 0) is 44.6 Å². The highest BCUT2D eigenvalue weighted by Crippen LogP contribution is 2.45. The number of hydrogen-bond acceptors (Lipinski definition) is 10. The molecule has 4 fully saturated rings. The summed E-state index contributed by atoms with van der Waals surface area (Å²) in [7, 11) is 0. The molecule has 0 unspecified atom stereocenters. The molecule has 14 nitrogen and oxygen atoms in total. The van der Waals surface area contributed by atoms with Crippen molar-refractivity contribution in [2.75, 3.05) is 65.4 Å². The number of hydrogen-bond donors (Lipinski definition) is 0. The smallest absolute Gasteiger partial charge is 0.416 e. The van der Waals surface area contributed by atoms with Crippen molar-refractivity contribution in [3.05, 3.63) is 92.8 Å². The van der Waals surface area contributed by atoms with Crippen LogP contribution < -0.4 is 0 Å². The summed E-state index contributed by atoms with van der Waals surface area (Å²) >= 11 is 0. The Morgan fingerprint density at radius 3 is 1.29 bits per heavy atom. The van der Waals surface area contributed by atoms with Gasteiger partial charge < -0.3 is 29.1 Å². The number of allylic oxidation sites excluding steroid dienone is 2. The zero-order chi connectivity index (χ0) is 49.6. The first-order chi connectivity index (χ1) is 33.3. The van der Waals surface area contributed by atoms with Gasteiger partial charge in [-0.3, -0.25) is 9.59 Å². The van der Waals surface area contributed by atoms with Crippen LogP contribution >= 0.6 is 0 Å². The lowest BCUT2D eigenvalue weighted by Crippen LogP contribution is -2.63. The van der Waals surface area contributed by atoms with Gasteiger partial charge in [-0.15, -0.1) is 0 Å². The summed E-state index contributed by atoms with van der Waals surface area (Å²) in [5.74, 6) is -1.86. The largest absolute Gasteiger partial charge is 0.444 e. The van der Waals surface area contributed by atoms with E-state index in [-0.39, 0.29) is 45.6 Å². The average Bonchev–Trinajstić information content (AvgIpc) is 4.00. The molecular weight excluding hydrogens is 937 g/mol. The fourth-order valence-electron chi connectivity index (χ4n) is 10.8. The summed E-state index contributed by atoms with van der Waals surface area (Å²) in [6.07, 6.45) is -2.82. The minimum absolute atomic E-state index is 0.00185. The van der Waals surface area contributed by atoms with E-state index in [1.54, 1.807) is 0 Å². The van der Waals surface area contributed by atoms with Crippen molar-refractivity contribution in [3.8, 4) is 0 Å². The van der Waals surface area contributed by atoms with Crippen LogP contribution in [0.4, 0.5) is 44.7 Å². The Bertz CT molecular complexity index is 2340. The Morgan fingerprint density at radius 2 is 0.943 bits per heavy atom. The van der Waals surface area contributed by atoms with Gasteiger partial charge in [0.05, 0.1) is 35.6 Å². The van der Waals surface area contributed by atoms with Crippen LogP contribution in [0.15, 0.2) is 79.4 Å². The molecule has 0 radical (unpaired) electrons. The molecule has 6 heterocycles. The molecule has 8 aliphatic rings. The number of rotatable bonds is 6. The first-order valence-electron chi connectivity index (χ1n) is 23.6. The van der Waals surface area contributed by atoms with Gasteiger partial charge in [-0.2, -0.15) is 46.8 Å². The maximum absolute atomic E-state index is 14.0. The number of alkyl halides is 6.